The predicted octanol–water partition coefficient (Wildman–Crippen LogP) is 3.25. The van der Waals surface area contributed by atoms with E-state index in [1.54, 1.807) is 0 Å². The fraction of sp³-hybridized carbons (Fsp3) is 0.200. The van der Waals surface area contributed by atoms with Crippen molar-refractivity contribution in [2.75, 3.05) is 12.3 Å². The topological polar surface area (TPSA) is 18.5 Å². The van der Waals surface area contributed by atoms with Crippen LogP contribution in [0.4, 0.5) is 0 Å². The van der Waals surface area contributed by atoms with E-state index >= 15 is 0 Å². The van der Waals surface area contributed by atoms with E-state index in [0.717, 1.165) is 24.6 Å². The number of halogens is 2. The van der Waals surface area contributed by atoms with E-state index in [0.29, 0.717) is 0 Å². The molecule has 1 aliphatic heterocycles. The minimum absolute atomic E-state index is 0. The Morgan fingerprint density at radius 1 is 0.392 bits per heavy atom. The Morgan fingerprint density at radius 3 is 0.882 bits per heavy atom. The average molecular weight is 841 g/mol. The Labute approximate surface area is 326 Å². The summed E-state index contributed by atoms with van der Waals surface area (Å²) in [6, 6.07) is 67.0. The standard InChI is InChI=1S/C45H46O2P2.2BrH/c1-45(2)46-43(35-48(39-25-13-5-14-26-39,40-27-15-6-16-28-40)33-37-21-9-3-10-22-37)44(47-45)36-49(41-29-17-7-18-30-41,42-31-19-8-20-32-42)34-38-23-11-4-12-24-38;;/h3-32,43-44H,33-36H2,1-2H3;2*1H/q+2;;/p-2/t43-,44-;;/m1../s1. The van der Waals surface area contributed by atoms with Crippen molar-refractivity contribution in [3.8, 4) is 0 Å². The Kier molecular flexibility index (Phi) is 13.6. The van der Waals surface area contributed by atoms with Gasteiger partial charge in [-0.1, -0.05) is 133 Å². The summed E-state index contributed by atoms with van der Waals surface area (Å²) in [5, 5.41) is 5.64. The first-order valence-electron chi connectivity index (χ1n) is 17.4. The summed E-state index contributed by atoms with van der Waals surface area (Å²) in [5.41, 5.74) is 2.72. The van der Waals surface area contributed by atoms with E-state index in [9.17, 15) is 0 Å². The molecular weight excluding hydrogens is 794 g/mol. The molecule has 1 fully saturated rings. The van der Waals surface area contributed by atoms with Gasteiger partial charge in [0, 0.05) is 0 Å². The normalized spacial score (nSPS) is 16.8. The van der Waals surface area contributed by atoms with E-state index in [-0.39, 0.29) is 46.2 Å². The summed E-state index contributed by atoms with van der Waals surface area (Å²) >= 11 is 0. The van der Waals surface area contributed by atoms with Gasteiger partial charge < -0.3 is 43.4 Å². The largest absolute Gasteiger partial charge is 1.00 e. The van der Waals surface area contributed by atoms with E-state index < -0.39 is 20.3 Å². The smallest absolute Gasteiger partial charge is 0.164 e. The monoisotopic (exact) mass is 838 g/mol. The fourth-order valence-corrected chi connectivity index (χ4v) is 16.6. The van der Waals surface area contributed by atoms with Crippen LogP contribution < -0.4 is 55.2 Å². The van der Waals surface area contributed by atoms with Gasteiger partial charge in [0.25, 0.3) is 0 Å². The summed E-state index contributed by atoms with van der Waals surface area (Å²) in [6.07, 6.45) is 3.57. The molecule has 51 heavy (non-hydrogen) atoms. The summed E-state index contributed by atoms with van der Waals surface area (Å²) in [4.78, 5) is 0. The molecule has 1 aliphatic rings. The van der Waals surface area contributed by atoms with Gasteiger partial charge in [0.05, 0.1) is 60.4 Å². The van der Waals surface area contributed by atoms with Crippen molar-refractivity contribution < 1.29 is 43.4 Å². The first kappa shape index (κ1) is 39.3. The summed E-state index contributed by atoms with van der Waals surface area (Å²) in [7, 11) is -4.07. The molecule has 6 aromatic rings. The highest BCUT2D eigenvalue weighted by Crippen LogP contribution is 2.64. The lowest BCUT2D eigenvalue weighted by atomic mass is 10.2. The molecule has 0 radical (unpaired) electrons. The fourth-order valence-electron chi connectivity index (χ4n) is 7.69. The Balaban J connectivity index is 0.00000252. The van der Waals surface area contributed by atoms with Gasteiger partial charge in [0.15, 0.2) is 5.79 Å². The van der Waals surface area contributed by atoms with E-state index in [1.807, 2.05) is 0 Å². The third kappa shape index (κ3) is 9.00. The highest BCUT2D eigenvalue weighted by molar-refractivity contribution is 7.89. The molecule has 1 saturated heterocycles. The van der Waals surface area contributed by atoms with Gasteiger partial charge in [-0.3, -0.25) is 0 Å². The lowest BCUT2D eigenvalue weighted by molar-refractivity contribution is -0.142. The quantitative estimate of drug-likeness (QED) is 0.177. The maximum atomic E-state index is 7.09. The SMILES string of the molecule is CC1(C)O[C@H](C[P+](Cc2ccccc2)(c2ccccc2)c2ccccc2)[C@@H](C[P+](Cc2ccccc2)(c2ccccc2)c2ccccc2)O1.[Br-].[Br-]. The summed E-state index contributed by atoms with van der Waals surface area (Å²) in [5.74, 6) is -0.694. The van der Waals surface area contributed by atoms with Crippen molar-refractivity contribution in [3.05, 3.63) is 193 Å². The van der Waals surface area contributed by atoms with Crippen LogP contribution in [0.15, 0.2) is 182 Å². The van der Waals surface area contributed by atoms with E-state index in [4.69, 9.17) is 9.47 Å². The second-order valence-corrected chi connectivity index (χ2v) is 20.9. The van der Waals surface area contributed by atoms with Crippen molar-refractivity contribution >= 4 is 35.7 Å². The molecule has 6 aromatic carbocycles. The van der Waals surface area contributed by atoms with Gasteiger partial charge in [-0.25, -0.2) is 0 Å². The maximum absolute atomic E-state index is 7.09. The first-order valence-corrected chi connectivity index (χ1v) is 21.7. The van der Waals surface area contributed by atoms with Crippen molar-refractivity contribution in [3.63, 3.8) is 0 Å². The molecule has 0 aliphatic carbocycles. The van der Waals surface area contributed by atoms with Crippen LogP contribution in [0.25, 0.3) is 0 Å². The number of rotatable bonds is 12. The molecule has 0 unspecified atom stereocenters. The highest BCUT2D eigenvalue weighted by atomic mass is 79.9. The van der Waals surface area contributed by atoms with Gasteiger partial charge >= 0.3 is 0 Å². The van der Waals surface area contributed by atoms with Crippen LogP contribution in [-0.2, 0) is 21.8 Å². The molecule has 0 bridgehead atoms. The zero-order valence-corrected chi connectivity index (χ0v) is 34.2. The first-order chi connectivity index (χ1) is 24.0. The van der Waals surface area contributed by atoms with Crippen LogP contribution in [0, 0.1) is 0 Å². The molecule has 2 nitrogen and oxygen atoms in total. The molecule has 7 rings (SSSR count). The molecule has 0 amide bonds. The number of hydrogen-bond acceptors (Lipinski definition) is 2. The van der Waals surface area contributed by atoms with Gasteiger partial charge in [0.2, 0.25) is 0 Å². The second kappa shape index (κ2) is 17.7. The number of hydrogen-bond donors (Lipinski definition) is 0. The van der Waals surface area contributed by atoms with Crippen LogP contribution in [0.5, 0.6) is 0 Å². The van der Waals surface area contributed by atoms with Crippen molar-refractivity contribution in [2.45, 2.75) is 44.2 Å². The molecule has 262 valence electrons. The minimum atomic E-state index is -2.03. The number of ether oxygens (including phenoxy) is 2. The predicted molar refractivity (Wildman–Crippen MR) is 212 cm³/mol. The molecule has 0 spiro atoms. The minimum Gasteiger partial charge on any atom is -1.00 e. The van der Waals surface area contributed by atoms with Gasteiger partial charge in [0.1, 0.15) is 12.2 Å². The van der Waals surface area contributed by atoms with Crippen LogP contribution in [0.2, 0.25) is 0 Å². The van der Waals surface area contributed by atoms with Crippen LogP contribution >= 0.6 is 14.5 Å². The lowest BCUT2D eigenvalue weighted by Gasteiger charge is -2.33. The zero-order valence-electron chi connectivity index (χ0n) is 29.3. The Hall–Kier alpha value is -2.94. The summed E-state index contributed by atoms with van der Waals surface area (Å²) in [6.45, 7) is 4.20. The third-order valence-electron chi connectivity index (χ3n) is 9.86. The highest BCUT2D eigenvalue weighted by Gasteiger charge is 2.56. The molecule has 6 heteroatoms. The van der Waals surface area contributed by atoms with E-state index in [1.165, 1.54) is 32.3 Å². The molecule has 0 saturated carbocycles. The average Bonchev–Trinajstić information content (AvgIpc) is 3.44. The van der Waals surface area contributed by atoms with Crippen molar-refractivity contribution in [1.82, 2.24) is 0 Å². The Morgan fingerprint density at radius 2 is 0.627 bits per heavy atom. The maximum Gasteiger partial charge on any atom is 0.164 e. The second-order valence-electron chi connectivity index (χ2n) is 13.6. The van der Waals surface area contributed by atoms with Gasteiger partial charge in [-0.2, -0.15) is 0 Å². The lowest BCUT2D eigenvalue weighted by Crippen LogP contribution is -3.00. The van der Waals surface area contributed by atoms with Crippen LogP contribution in [0.3, 0.4) is 0 Å². The molecule has 2 atom stereocenters. The third-order valence-corrected chi connectivity index (χ3v) is 18.8. The van der Waals surface area contributed by atoms with Crippen LogP contribution in [-0.4, -0.2) is 30.3 Å². The van der Waals surface area contributed by atoms with E-state index in [2.05, 4.69) is 196 Å². The number of benzene rings is 6. The van der Waals surface area contributed by atoms with Crippen molar-refractivity contribution in [2.24, 2.45) is 0 Å². The zero-order chi connectivity index (χ0) is 33.6. The summed E-state index contributed by atoms with van der Waals surface area (Å²) < 4.78 is 14.2. The van der Waals surface area contributed by atoms with Crippen molar-refractivity contribution in [1.29, 1.82) is 0 Å². The Bertz CT molecular complexity index is 1680. The molecule has 1 heterocycles. The van der Waals surface area contributed by atoms with Gasteiger partial charge in [-0.05, 0) is 73.5 Å². The van der Waals surface area contributed by atoms with Gasteiger partial charge in [-0.15, -0.1) is 0 Å². The van der Waals surface area contributed by atoms with Crippen LogP contribution in [0.1, 0.15) is 25.0 Å². The molecule has 0 aromatic heterocycles. The molecule has 0 N–H and O–H groups in total. The molecular formula is C45H46Br2O2P2.